The van der Waals surface area contributed by atoms with Crippen LogP contribution < -0.4 is 115 Å². The quantitative estimate of drug-likeness (QED) is 0.0137. The molecule has 670 valence electrons. The Labute approximate surface area is 801 Å². The molecule has 0 amide bonds. The van der Waals surface area contributed by atoms with Crippen molar-refractivity contribution >= 4 is 120 Å². The second-order valence-corrected chi connectivity index (χ2v) is 35.4. The van der Waals surface area contributed by atoms with Crippen molar-refractivity contribution < 1.29 is 141 Å². The molecule has 2 aliphatic heterocycles. The zero-order valence-electron chi connectivity index (χ0n) is 74.5. The summed E-state index contributed by atoms with van der Waals surface area (Å²) in [6.07, 6.45) is 4.37. The molecule has 0 saturated heterocycles. The number of hydrogen-bond donors (Lipinski definition) is 7. The molecular formula is C97H110N10Na2O16S4. The van der Waals surface area contributed by atoms with Gasteiger partial charge in [0.25, 0.3) is 0 Å². The summed E-state index contributed by atoms with van der Waals surface area (Å²) in [5, 5.41) is 35.2. The zero-order valence-corrected chi connectivity index (χ0v) is 81.7. The molecule has 14 rings (SSSR count). The van der Waals surface area contributed by atoms with Gasteiger partial charge in [-0.1, -0.05) is 166 Å². The Morgan fingerprint density at radius 2 is 0.767 bits per heavy atom. The summed E-state index contributed by atoms with van der Waals surface area (Å²) in [6.45, 7) is 28.8. The molecule has 2 aliphatic carbocycles. The number of sulfonamides is 2. The van der Waals surface area contributed by atoms with Gasteiger partial charge >= 0.3 is 59.1 Å². The molecule has 129 heavy (non-hydrogen) atoms. The van der Waals surface area contributed by atoms with E-state index in [0.717, 1.165) is 114 Å². The zero-order chi connectivity index (χ0) is 91.4. The maximum Gasteiger partial charge on any atom is 1.00 e. The number of nitrogens with zero attached hydrogens (tertiary/aromatic N) is 3. The first-order valence-corrected chi connectivity index (χ1v) is 47.0. The molecule has 7 N–H and O–H groups in total. The van der Waals surface area contributed by atoms with Gasteiger partial charge in [-0.25, -0.2) is 58.1 Å². The molecule has 4 aliphatic rings. The Morgan fingerprint density at radius 1 is 0.403 bits per heavy atom. The fourth-order valence-electron chi connectivity index (χ4n) is 13.9. The summed E-state index contributed by atoms with van der Waals surface area (Å²) >= 11 is 0. The van der Waals surface area contributed by atoms with Crippen molar-refractivity contribution in [3.05, 3.63) is 290 Å². The molecule has 0 fully saturated rings. The maximum atomic E-state index is 12.3. The van der Waals surface area contributed by atoms with Crippen LogP contribution in [-0.2, 0) is 53.1 Å². The normalized spacial score (nSPS) is 11.3. The summed E-state index contributed by atoms with van der Waals surface area (Å²) in [7, 11) is -15.7. The number of aromatic carboxylic acids is 2. The van der Waals surface area contributed by atoms with Gasteiger partial charge in [0.05, 0.1) is 46.4 Å². The van der Waals surface area contributed by atoms with Crippen LogP contribution in [0.4, 0.5) is 45.8 Å². The van der Waals surface area contributed by atoms with E-state index in [4.69, 9.17) is 8.83 Å². The van der Waals surface area contributed by atoms with Crippen molar-refractivity contribution in [2.24, 2.45) is 0 Å². The van der Waals surface area contributed by atoms with E-state index in [9.17, 15) is 62.6 Å². The summed E-state index contributed by atoms with van der Waals surface area (Å²) in [4.78, 5) is 41.7. The number of carbonyl (C=O) groups is 2. The summed E-state index contributed by atoms with van der Waals surface area (Å²) in [5.41, 5.74) is 18.5. The maximum absolute atomic E-state index is 12.3. The Morgan fingerprint density at radius 3 is 1.11 bits per heavy atom. The number of carbonyl (C=O) groups excluding carboxylic acids is 2. The van der Waals surface area contributed by atoms with E-state index in [0.29, 0.717) is 104 Å². The fraction of sp³-hybridized carbons (Fsp3) is 0.247. The van der Waals surface area contributed by atoms with Gasteiger partial charge in [-0.05, 0) is 168 Å². The number of aromatic nitrogens is 3. The standard InChI is InChI=1S/2C35H30N2O4S.C18H23N5O6S.C3H9NO2S.2C2H6.2CH4.2Na/c2*1-21-9-7-10-22(2)34(21)36-25-15-17-27-30(19-25)41-31-20-26(37-35-23(3)11-8-12-24(35)4)16-18-28(31)33(27)29-13-5-6-14-32(29)42(38,39)40;1-3-5-14-21-15(6-4-7-19-30(2,28)29)23-18(22-14)20-13-9-11(16(24)25)8-12(10-13)17(26)27;1-3-4-7(2,5)6;2*1-2;;;;/h2*5-20,36H,1-4H3,(H,38,39,40);8-10,19H,3-7H2,1-2H3,(H,24,25)(H,26,27)(H,20,21,22,23);4H,3H2,1-2H3;2*1-2H3;2*1H4;;/q;;;;;;;;2*+1/p-2. The number of rotatable bonds is 23. The number of fused-ring (bicyclic) bond motifs is 4. The van der Waals surface area contributed by atoms with E-state index in [1.165, 1.54) is 24.3 Å². The van der Waals surface area contributed by atoms with Crippen LogP contribution in [-0.4, -0.2) is 95.3 Å². The molecule has 0 spiro atoms. The average molecular weight is 1850 g/mol. The van der Waals surface area contributed by atoms with Crippen molar-refractivity contribution in [2.45, 2.75) is 147 Å². The van der Waals surface area contributed by atoms with Crippen LogP contribution in [0.25, 0.3) is 66.8 Å². The molecule has 0 saturated carbocycles. The third kappa shape index (κ3) is 29.4. The summed E-state index contributed by atoms with van der Waals surface area (Å²) in [6, 6.07) is 63.5. The van der Waals surface area contributed by atoms with Crippen LogP contribution in [0.3, 0.4) is 0 Å². The minimum atomic E-state index is -4.74. The Kier molecular flexibility index (Phi) is 41.2. The van der Waals surface area contributed by atoms with E-state index in [2.05, 4.69) is 154 Å². The van der Waals surface area contributed by atoms with Gasteiger partial charge < -0.3 is 53.7 Å². The number of hydrogen-bond acceptors (Lipinski definition) is 22. The van der Waals surface area contributed by atoms with Gasteiger partial charge in [0.1, 0.15) is 54.6 Å². The van der Waals surface area contributed by atoms with Crippen molar-refractivity contribution in [2.75, 3.05) is 41.6 Å². The number of anilines is 6. The molecule has 26 nitrogen and oxygen atoms in total. The number of carboxylic acid groups (broad SMARTS) is 2. The number of para-hydroxylation sites is 4. The first-order valence-electron chi connectivity index (χ1n) is 40.4. The molecule has 1 aromatic heterocycles. The van der Waals surface area contributed by atoms with Crippen molar-refractivity contribution in [1.82, 2.24) is 24.4 Å². The number of carboxylic acids is 2. The Hall–Kier alpha value is -10.7. The predicted octanol–water partition coefficient (Wildman–Crippen LogP) is 8.46. The largest absolute Gasteiger partial charge is 1.00 e. The fourth-order valence-corrected chi connectivity index (χ4v) is 16.3. The molecule has 10 aromatic rings. The average Bonchev–Trinajstić information content (AvgIpc) is 0.745. The molecule has 0 atom stereocenters. The molecule has 9 aromatic carbocycles. The molecular weight excluding hydrogens is 1740 g/mol. The number of benzene rings is 11. The SMILES string of the molecule is C.C.CC.CC.CCCc1nc(CCCNS(C)(=O)=O)nc(Nc2cc(C(=O)[O-])cc(C(=O)[O-])c2)n1.CCNS(C)(=O)=O.Cc1cccc(C)c1Nc1ccc2c(-c3ccccc3S(=O)(=O)[O-])c3ccc(=[NH+]c4c(C)cccc4C)cc-3oc2c1.Cc1cccc(C)c1Nc1ccc2c(-c3ccccc3S(=O)(=O)[O-])c3ccc(=[NH+]c4c(C)cccc4C)cc-3oc2c1.[Na+].[Na+]. The van der Waals surface area contributed by atoms with Gasteiger partial charge in [0.15, 0.2) is 0 Å². The predicted molar refractivity (Wildman–Crippen MR) is 498 cm³/mol. The van der Waals surface area contributed by atoms with Gasteiger partial charge in [-0.2, -0.15) is 9.97 Å². The van der Waals surface area contributed by atoms with Gasteiger partial charge in [0, 0.05) is 145 Å². The van der Waals surface area contributed by atoms with E-state index in [1.807, 2.05) is 132 Å². The van der Waals surface area contributed by atoms with Gasteiger partial charge in [0.2, 0.25) is 48.1 Å². The molecule has 0 bridgehead atoms. The first-order chi connectivity index (χ1) is 59.3. The molecule has 0 unspecified atom stereocenters. The molecule has 32 heteroatoms. The second kappa shape index (κ2) is 48.8. The van der Waals surface area contributed by atoms with Crippen molar-refractivity contribution in [3.63, 3.8) is 0 Å². The van der Waals surface area contributed by atoms with Crippen LogP contribution in [0.2, 0.25) is 0 Å². The third-order valence-corrected chi connectivity index (χ3v) is 22.8. The Bertz CT molecular complexity index is 6470. The summed E-state index contributed by atoms with van der Waals surface area (Å²) < 4.78 is 134. The second-order valence-electron chi connectivity index (χ2n) is 29.0. The van der Waals surface area contributed by atoms with Crippen LogP contribution in [0, 0.1) is 55.4 Å². The third-order valence-electron chi connectivity index (χ3n) is 19.5. The van der Waals surface area contributed by atoms with Crippen LogP contribution in [0.1, 0.15) is 146 Å². The first kappa shape index (κ1) is 109. The minimum absolute atomic E-state index is 0. The van der Waals surface area contributed by atoms with Gasteiger partial charge in [-0.15, -0.1) is 0 Å². The molecule has 0 radical (unpaired) electrons. The van der Waals surface area contributed by atoms with E-state index >= 15 is 0 Å². The monoisotopic (exact) mass is 1840 g/mol. The number of nitrogens with one attached hydrogen (secondary N) is 7. The van der Waals surface area contributed by atoms with Gasteiger partial charge in [-0.3, -0.25) is 0 Å². The smallest absolute Gasteiger partial charge is 0.744 e. The van der Waals surface area contributed by atoms with Crippen molar-refractivity contribution in [1.29, 1.82) is 0 Å². The number of aryl methyl sites for hydroxylation is 10. The van der Waals surface area contributed by atoms with E-state index < -0.39 is 52.2 Å². The topological polar surface area (TPSA) is 416 Å². The van der Waals surface area contributed by atoms with Crippen LogP contribution in [0.5, 0.6) is 0 Å². The van der Waals surface area contributed by atoms with Crippen molar-refractivity contribution in [3.8, 4) is 44.9 Å². The van der Waals surface area contributed by atoms with Crippen LogP contribution >= 0.6 is 0 Å². The van der Waals surface area contributed by atoms with Crippen LogP contribution in [0.15, 0.2) is 231 Å². The minimum Gasteiger partial charge on any atom is -0.744 e. The van der Waals surface area contributed by atoms with E-state index in [1.54, 1.807) is 43.3 Å². The summed E-state index contributed by atoms with van der Waals surface area (Å²) in [5.74, 6) is -0.948. The molecule has 3 heterocycles. The Balaban J connectivity index is 0.000000323. The van der Waals surface area contributed by atoms with E-state index in [-0.39, 0.29) is 113 Å².